The fourth-order valence-electron chi connectivity index (χ4n) is 3.83. The average Bonchev–Trinajstić information content (AvgIpc) is 2.69. The lowest BCUT2D eigenvalue weighted by Crippen LogP contribution is -2.52. The Kier molecular flexibility index (Phi) is 4.89. The van der Waals surface area contributed by atoms with Gasteiger partial charge >= 0.3 is 0 Å². The number of rotatable bonds is 3. The van der Waals surface area contributed by atoms with Crippen LogP contribution in [0.1, 0.15) is 40.9 Å². The summed E-state index contributed by atoms with van der Waals surface area (Å²) in [5.41, 5.74) is 1.84. The van der Waals surface area contributed by atoms with Crippen LogP contribution in [-0.2, 0) is 12.8 Å². The smallest absolute Gasteiger partial charge is 0.261 e. The summed E-state index contributed by atoms with van der Waals surface area (Å²) in [6, 6.07) is 3.22. The monoisotopic (exact) mass is 369 g/mol. The Labute approximate surface area is 156 Å². The van der Waals surface area contributed by atoms with Crippen molar-refractivity contribution in [2.75, 3.05) is 18.4 Å². The first-order chi connectivity index (χ1) is 13.1. The van der Waals surface area contributed by atoms with Gasteiger partial charge in [0.2, 0.25) is 5.95 Å². The fourth-order valence-corrected chi connectivity index (χ4v) is 3.83. The highest BCUT2D eigenvalue weighted by atomic mass is 16.3. The lowest BCUT2D eigenvalue weighted by Gasteiger charge is -2.36. The van der Waals surface area contributed by atoms with E-state index in [1.54, 1.807) is 29.4 Å². The van der Waals surface area contributed by atoms with Gasteiger partial charge < -0.3 is 20.3 Å². The van der Waals surface area contributed by atoms with Crippen molar-refractivity contribution in [3.63, 3.8) is 0 Å². The van der Waals surface area contributed by atoms with E-state index < -0.39 is 6.10 Å². The number of amides is 1. The number of carbonyl (C=O) groups is 1. The largest absolute Gasteiger partial charge is 0.389 e. The molecule has 3 heterocycles. The van der Waals surface area contributed by atoms with Gasteiger partial charge in [-0.05, 0) is 49.8 Å². The summed E-state index contributed by atoms with van der Waals surface area (Å²) in [4.78, 5) is 37.9. The van der Waals surface area contributed by atoms with Gasteiger partial charge in [-0.3, -0.25) is 9.59 Å². The molecule has 2 aromatic heterocycles. The Bertz CT molecular complexity index is 883. The number of nitrogens with one attached hydrogen (secondary N) is 2. The van der Waals surface area contributed by atoms with Gasteiger partial charge in [0.25, 0.3) is 11.5 Å². The third-order valence-corrected chi connectivity index (χ3v) is 5.32. The van der Waals surface area contributed by atoms with Crippen molar-refractivity contribution >= 4 is 11.9 Å². The minimum absolute atomic E-state index is 0.167. The van der Waals surface area contributed by atoms with E-state index in [1.165, 1.54) is 0 Å². The highest BCUT2D eigenvalue weighted by Crippen LogP contribution is 2.20. The number of carbonyl (C=O) groups excluding carboxylic acids is 1. The Morgan fingerprint density at radius 1 is 1.26 bits per heavy atom. The predicted molar refractivity (Wildman–Crippen MR) is 99.7 cm³/mol. The van der Waals surface area contributed by atoms with Gasteiger partial charge in [-0.1, -0.05) is 0 Å². The standard InChI is InChI=1S/C19H23N5O3/c25-16-11-24(9-6-15(16)23-19-20-7-3-8-21-19)18(27)13-10-12-4-1-2-5-14(12)22-17(13)26/h3,7-8,10,15-16,25H,1-2,4-6,9,11H2,(H,22,26)(H,20,21,23)/t15-,16-/m1/s1. The van der Waals surface area contributed by atoms with Gasteiger partial charge in [-0.25, -0.2) is 9.97 Å². The van der Waals surface area contributed by atoms with E-state index in [9.17, 15) is 14.7 Å². The molecule has 1 amide bonds. The summed E-state index contributed by atoms with van der Waals surface area (Å²) < 4.78 is 0. The van der Waals surface area contributed by atoms with E-state index in [-0.39, 0.29) is 29.6 Å². The number of aryl methyl sites for hydroxylation is 2. The zero-order valence-corrected chi connectivity index (χ0v) is 15.0. The number of aliphatic hydroxyl groups is 1. The molecule has 1 fully saturated rings. The van der Waals surface area contributed by atoms with E-state index in [0.29, 0.717) is 18.9 Å². The van der Waals surface area contributed by atoms with Crippen molar-refractivity contribution in [2.45, 2.75) is 44.2 Å². The molecule has 2 aromatic rings. The summed E-state index contributed by atoms with van der Waals surface area (Å²) in [7, 11) is 0. The van der Waals surface area contributed by atoms with Crippen molar-refractivity contribution in [3.8, 4) is 0 Å². The normalized spacial score (nSPS) is 22.2. The molecule has 0 saturated carbocycles. The van der Waals surface area contributed by atoms with E-state index in [1.807, 2.05) is 0 Å². The molecule has 8 heteroatoms. The number of fused-ring (bicyclic) bond motifs is 1. The number of piperidine rings is 1. The highest BCUT2D eigenvalue weighted by Gasteiger charge is 2.32. The van der Waals surface area contributed by atoms with Crippen LogP contribution >= 0.6 is 0 Å². The van der Waals surface area contributed by atoms with Crippen LogP contribution < -0.4 is 10.9 Å². The number of β-amino-alcohol motifs (C(OH)–C–C–N with tert-alkyl or cyclic N) is 1. The maximum absolute atomic E-state index is 12.9. The molecule has 0 aromatic carbocycles. The van der Waals surface area contributed by atoms with Crippen LogP contribution in [0, 0.1) is 0 Å². The molecule has 27 heavy (non-hydrogen) atoms. The number of likely N-dealkylation sites (tertiary alicyclic amines) is 1. The summed E-state index contributed by atoms with van der Waals surface area (Å²) >= 11 is 0. The Balaban J connectivity index is 1.46. The summed E-state index contributed by atoms with van der Waals surface area (Å²) in [6.45, 7) is 0.622. The molecule has 3 N–H and O–H groups in total. The van der Waals surface area contributed by atoms with E-state index >= 15 is 0 Å². The third-order valence-electron chi connectivity index (χ3n) is 5.32. The molecule has 2 aliphatic rings. The van der Waals surface area contributed by atoms with Crippen LogP contribution in [0.4, 0.5) is 5.95 Å². The Morgan fingerprint density at radius 3 is 2.81 bits per heavy atom. The van der Waals surface area contributed by atoms with Crippen molar-refractivity contribution in [2.24, 2.45) is 0 Å². The predicted octanol–water partition coefficient (Wildman–Crippen LogP) is 0.731. The van der Waals surface area contributed by atoms with Crippen molar-refractivity contribution in [1.82, 2.24) is 19.9 Å². The van der Waals surface area contributed by atoms with Crippen LogP contribution in [0.25, 0.3) is 0 Å². The van der Waals surface area contributed by atoms with Crippen LogP contribution in [0.2, 0.25) is 0 Å². The van der Waals surface area contributed by atoms with Crippen LogP contribution in [0.15, 0.2) is 29.3 Å². The quantitative estimate of drug-likeness (QED) is 0.736. The highest BCUT2D eigenvalue weighted by molar-refractivity contribution is 5.94. The first-order valence-electron chi connectivity index (χ1n) is 9.38. The molecule has 0 spiro atoms. The molecule has 1 aliphatic heterocycles. The van der Waals surface area contributed by atoms with Crippen molar-refractivity contribution in [1.29, 1.82) is 0 Å². The number of hydrogen-bond acceptors (Lipinski definition) is 6. The maximum Gasteiger partial charge on any atom is 0.261 e. The zero-order valence-electron chi connectivity index (χ0n) is 15.0. The molecule has 4 rings (SSSR count). The van der Waals surface area contributed by atoms with E-state index in [4.69, 9.17) is 0 Å². The molecule has 0 radical (unpaired) electrons. The van der Waals surface area contributed by atoms with E-state index in [2.05, 4.69) is 20.3 Å². The average molecular weight is 369 g/mol. The molecule has 1 saturated heterocycles. The molecular formula is C19H23N5O3. The number of aromatic amines is 1. The first-order valence-corrected chi connectivity index (χ1v) is 9.38. The topological polar surface area (TPSA) is 111 Å². The SMILES string of the molecule is O=C(c1cc2c([nH]c1=O)CCCC2)N1CC[C@@H](Nc2ncccn2)[C@H](O)C1. The second kappa shape index (κ2) is 7.48. The summed E-state index contributed by atoms with van der Waals surface area (Å²) in [6.07, 6.45) is 6.93. The van der Waals surface area contributed by atoms with E-state index in [0.717, 1.165) is 36.9 Å². The molecule has 8 nitrogen and oxygen atoms in total. The van der Waals surface area contributed by atoms with Gasteiger partial charge in [-0.15, -0.1) is 0 Å². The zero-order chi connectivity index (χ0) is 18.8. The van der Waals surface area contributed by atoms with Gasteiger partial charge in [0.15, 0.2) is 0 Å². The first kappa shape index (κ1) is 17.7. The molecule has 1 aliphatic carbocycles. The molecule has 0 unspecified atom stereocenters. The molecule has 0 bridgehead atoms. The third kappa shape index (κ3) is 3.71. The molecular weight excluding hydrogens is 346 g/mol. The minimum Gasteiger partial charge on any atom is -0.389 e. The van der Waals surface area contributed by atoms with Gasteiger partial charge in [0.05, 0.1) is 12.1 Å². The minimum atomic E-state index is -0.761. The fraction of sp³-hybridized carbons (Fsp3) is 0.474. The van der Waals surface area contributed by atoms with Crippen LogP contribution in [0.3, 0.4) is 0 Å². The summed E-state index contributed by atoms with van der Waals surface area (Å²) in [5, 5.41) is 13.6. The van der Waals surface area contributed by atoms with Crippen LogP contribution in [-0.4, -0.2) is 56.1 Å². The second-order valence-electron chi connectivity index (χ2n) is 7.15. The van der Waals surface area contributed by atoms with Crippen molar-refractivity contribution < 1.29 is 9.90 Å². The van der Waals surface area contributed by atoms with Gasteiger partial charge in [0.1, 0.15) is 5.56 Å². The Morgan fingerprint density at radius 2 is 2.04 bits per heavy atom. The number of pyridine rings is 1. The van der Waals surface area contributed by atoms with Gasteiger partial charge in [0, 0.05) is 31.2 Å². The van der Waals surface area contributed by atoms with Gasteiger partial charge in [-0.2, -0.15) is 0 Å². The lowest BCUT2D eigenvalue weighted by molar-refractivity contribution is 0.0424. The van der Waals surface area contributed by atoms with Crippen molar-refractivity contribution in [3.05, 3.63) is 51.7 Å². The second-order valence-corrected chi connectivity index (χ2v) is 7.15. The number of nitrogens with zero attached hydrogens (tertiary/aromatic N) is 3. The van der Waals surface area contributed by atoms with Crippen LogP contribution in [0.5, 0.6) is 0 Å². The molecule has 142 valence electrons. The number of aliphatic hydroxyl groups excluding tert-OH is 1. The maximum atomic E-state index is 12.9. The number of hydrogen-bond donors (Lipinski definition) is 3. The number of H-pyrrole nitrogens is 1. The number of aromatic nitrogens is 3. The summed E-state index contributed by atoms with van der Waals surface area (Å²) in [5.74, 6) is 0.130. The lowest BCUT2D eigenvalue weighted by atomic mass is 9.94. The molecule has 2 atom stereocenters. The Hall–Kier alpha value is -2.74. The number of anilines is 1.